The van der Waals surface area contributed by atoms with Gasteiger partial charge in [0.05, 0.1) is 6.61 Å². The first kappa shape index (κ1) is 20.3. The zero-order valence-corrected chi connectivity index (χ0v) is 17.3. The fourth-order valence-corrected chi connectivity index (χ4v) is 3.83. The quantitative estimate of drug-likeness (QED) is 0.500. The Bertz CT molecular complexity index is 794. The standard InChI is InChI=1S/C27H32O/c1-3-21-28-27-19-13-24(14-20-27)8-6-5-7-23-11-17-26(18-12-23)25-15-9-22(4-2)10-16-25/h5,7,9-10,13-16,19-20,23,26H,3-4,11-12,17-18,21H2,1-2H3/b7-5+/t23-,26-. The molecule has 3 rings (SSSR count). The molecule has 0 bridgehead atoms. The van der Waals surface area contributed by atoms with Gasteiger partial charge < -0.3 is 4.74 Å². The molecule has 1 saturated carbocycles. The van der Waals surface area contributed by atoms with Crippen molar-refractivity contribution in [3.63, 3.8) is 0 Å². The van der Waals surface area contributed by atoms with Crippen molar-refractivity contribution in [2.45, 2.75) is 58.3 Å². The Morgan fingerprint density at radius 2 is 1.64 bits per heavy atom. The van der Waals surface area contributed by atoms with Crippen LogP contribution in [0.5, 0.6) is 5.75 Å². The van der Waals surface area contributed by atoms with E-state index >= 15 is 0 Å². The molecule has 0 N–H and O–H groups in total. The van der Waals surface area contributed by atoms with Crippen LogP contribution >= 0.6 is 0 Å². The number of rotatable bonds is 6. The van der Waals surface area contributed by atoms with Crippen molar-refractivity contribution in [3.05, 3.63) is 77.4 Å². The summed E-state index contributed by atoms with van der Waals surface area (Å²) in [5.41, 5.74) is 3.99. The van der Waals surface area contributed by atoms with Gasteiger partial charge in [0.1, 0.15) is 5.75 Å². The van der Waals surface area contributed by atoms with Gasteiger partial charge in [0.25, 0.3) is 0 Å². The number of benzene rings is 2. The zero-order valence-electron chi connectivity index (χ0n) is 17.3. The van der Waals surface area contributed by atoms with E-state index in [0.29, 0.717) is 5.92 Å². The van der Waals surface area contributed by atoms with Crippen molar-refractivity contribution < 1.29 is 4.74 Å². The molecule has 0 amide bonds. The second-order valence-electron chi connectivity index (χ2n) is 7.71. The van der Waals surface area contributed by atoms with Crippen molar-refractivity contribution >= 4 is 0 Å². The first-order valence-electron chi connectivity index (χ1n) is 10.8. The summed E-state index contributed by atoms with van der Waals surface area (Å²) < 4.78 is 5.61. The molecule has 0 atom stereocenters. The molecule has 146 valence electrons. The van der Waals surface area contributed by atoms with Gasteiger partial charge >= 0.3 is 0 Å². The van der Waals surface area contributed by atoms with Gasteiger partial charge in [-0.15, -0.1) is 0 Å². The Morgan fingerprint density at radius 3 is 2.29 bits per heavy atom. The fourth-order valence-electron chi connectivity index (χ4n) is 3.83. The Morgan fingerprint density at radius 1 is 0.929 bits per heavy atom. The van der Waals surface area contributed by atoms with Crippen molar-refractivity contribution in [2.75, 3.05) is 6.61 Å². The highest BCUT2D eigenvalue weighted by atomic mass is 16.5. The van der Waals surface area contributed by atoms with Gasteiger partial charge in [0, 0.05) is 5.56 Å². The van der Waals surface area contributed by atoms with E-state index in [-0.39, 0.29) is 0 Å². The summed E-state index contributed by atoms with van der Waals surface area (Å²) in [5, 5.41) is 0. The Balaban J connectivity index is 1.45. The first-order chi connectivity index (χ1) is 13.8. The number of aryl methyl sites for hydroxylation is 1. The molecule has 0 aromatic heterocycles. The van der Waals surface area contributed by atoms with Gasteiger partial charge in [-0.1, -0.05) is 56.0 Å². The molecule has 0 unspecified atom stereocenters. The molecular weight excluding hydrogens is 340 g/mol. The lowest BCUT2D eigenvalue weighted by molar-refractivity contribution is 0.317. The lowest BCUT2D eigenvalue weighted by atomic mass is 9.78. The highest BCUT2D eigenvalue weighted by Crippen LogP contribution is 2.36. The summed E-state index contributed by atoms with van der Waals surface area (Å²) in [6, 6.07) is 17.3. The first-order valence-corrected chi connectivity index (χ1v) is 10.8. The topological polar surface area (TPSA) is 9.23 Å². The molecule has 0 radical (unpaired) electrons. The van der Waals surface area contributed by atoms with E-state index in [0.717, 1.165) is 36.7 Å². The van der Waals surface area contributed by atoms with E-state index in [9.17, 15) is 0 Å². The average Bonchev–Trinajstić information content (AvgIpc) is 2.76. The van der Waals surface area contributed by atoms with Crippen LogP contribution in [0.1, 0.15) is 68.6 Å². The second-order valence-corrected chi connectivity index (χ2v) is 7.71. The molecule has 2 aromatic carbocycles. The molecule has 0 aliphatic heterocycles. The SMILES string of the molecule is CCCOc1ccc(C#C/C=C/[C@H]2CC[C@H](c3ccc(CC)cc3)CC2)cc1. The molecule has 0 spiro atoms. The summed E-state index contributed by atoms with van der Waals surface area (Å²) in [6.07, 6.45) is 11.6. The summed E-state index contributed by atoms with van der Waals surface area (Å²) in [7, 11) is 0. The van der Waals surface area contributed by atoms with Crippen LogP contribution in [-0.4, -0.2) is 6.61 Å². The maximum absolute atomic E-state index is 5.61. The molecule has 1 aliphatic rings. The highest BCUT2D eigenvalue weighted by molar-refractivity contribution is 5.40. The van der Waals surface area contributed by atoms with Crippen molar-refractivity contribution in [2.24, 2.45) is 5.92 Å². The lowest BCUT2D eigenvalue weighted by Gasteiger charge is -2.27. The third-order valence-corrected chi connectivity index (χ3v) is 5.63. The van der Waals surface area contributed by atoms with Crippen molar-refractivity contribution in [1.82, 2.24) is 0 Å². The summed E-state index contributed by atoms with van der Waals surface area (Å²) >= 11 is 0. The number of hydrogen-bond acceptors (Lipinski definition) is 1. The van der Waals surface area contributed by atoms with E-state index in [1.54, 1.807) is 0 Å². The molecule has 1 aliphatic carbocycles. The molecule has 1 fully saturated rings. The third-order valence-electron chi connectivity index (χ3n) is 5.63. The minimum atomic E-state index is 0.672. The normalized spacial score (nSPS) is 19.2. The largest absolute Gasteiger partial charge is 0.494 e. The van der Waals surface area contributed by atoms with Crippen LogP contribution in [0.15, 0.2) is 60.7 Å². The summed E-state index contributed by atoms with van der Waals surface area (Å²) in [5.74, 6) is 8.74. The van der Waals surface area contributed by atoms with Gasteiger partial charge in [-0.25, -0.2) is 0 Å². The van der Waals surface area contributed by atoms with Crippen LogP contribution in [0.3, 0.4) is 0 Å². The van der Waals surface area contributed by atoms with E-state index in [2.05, 4.69) is 56.0 Å². The number of hydrogen-bond donors (Lipinski definition) is 0. The molecule has 2 aromatic rings. The zero-order chi connectivity index (χ0) is 19.6. The predicted octanol–water partition coefficient (Wildman–Crippen LogP) is 6.92. The van der Waals surface area contributed by atoms with Crippen LogP contribution in [0.4, 0.5) is 0 Å². The second kappa shape index (κ2) is 10.8. The Labute approximate surface area is 170 Å². The minimum absolute atomic E-state index is 0.672. The van der Waals surface area contributed by atoms with Crippen LogP contribution in [0, 0.1) is 17.8 Å². The van der Waals surface area contributed by atoms with E-state index in [1.165, 1.54) is 36.8 Å². The Hall–Kier alpha value is -2.46. The highest BCUT2D eigenvalue weighted by Gasteiger charge is 2.20. The molecule has 28 heavy (non-hydrogen) atoms. The van der Waals surface area contributed by atoms with Crippen LogP contribution < -0.4 is 4.74 Å². The van der Waals surface area contributed by atoms with Gasteiger partial charge in [0.15, 0.2) is 0 Å². The minimum Gasteiger partial charge on any atom is -0.494 e. The van der Waals surface area contributed by atoms with Crippen molar-refractivity contribution in [3.8, 4) is 17.6 Å². The van der Waals surface area contributed by atoms with Gasteiger partial charge in [-0.3, -0.25) is 0 Å². The van der Waals surface area contributed by atoms with Crippen LogP contribution in [0.25, 0.3) is 0 Å². The molecule has 0 saturated heterocycles. The maximum Gasteiger partial charge on any atom is 0.119 e. The molecular formula is C27H32O. The predicted molar refractivity (Wildman–Crippen MR) is 119 cm³/mol. The Kier molecular flexibility index (Phi) is 7.80. The molecule has 1 nitrogen and oxygen atoms in total. The third kappa shape index (κ3) is 6.03. The fraction of sp³-hybridized carbons (Fsp3) is 0.407. The van der Waals surface area contributed by atoms with Gasteiger partial charge in [-0.2, -0.15) is 0 Å². The number of allylic oxidation sites excluding steroid dienone is 2. The maximum atomic E-state index is 5.61. The number of ether oxygens (including phenoxy) is 1. The monoisotopic (exact) mass is 372 g/mol. The van der Waals surface area contributed by atoms with Crippen LogP contribution in [0.2, 0.25) is 0 Å². The van der Waals surface area contributed by atoms with Gasteiger partial charge in [-0.05, 0) is 91.8 Å². The van der Waals surface area contributed by atoms with E-state index in [1.807, 2.05) is 30.3 Å². The molecule has 0 heterocycles. The average molecular weight is 373 g/mol. The van der Waals surface area contributed by atoms with Crippen molar-refractivity contribution in [1.29, 1.82) is 0 Å². The molecule has 1 heteroatoms. The summed E-state index contributed by atoms with van der Waals surface area (Å²) in [4.78, 5) is 0. The summed E-state index contributed by atoms with van der Waals surface area (Å²) in [6.45, 7) is 5.09. The van der Waals surface area contributed by atoms with Gasteiger partial charge in [0.2, 0.25) is 0 Å². The van der Waals surface area contributed by atoms with E-state index < -0.39 is 0 Å². The smallest absolute Gasteiger partial charge is 0.119 e. The van der Waals surface area contributed by atoms with E-state index in [4.69, 9.17) is 4.74 Å². The van der Waals surface area contributed by atoms with Crippen LogP contribution in [-0.2, 0) is 6.42 Å². The lowest BCUT2D eigenvalue weighted by Crippen LogP contribution is -2.11.